The summed E-state index contributed by atoms with van der Waals surface area (Å²) in [7, 11) is -3.10. The van der Waals surface area contributed by atoms with Crippen LogP contribution in [0.15, 0.2) is 47.4 Å². The zero-order chi connectivity index (χ0) is 32.1. The molecule has 1 amide bonds. The molecule has 1 heterocycles. The second-order valence-electron chi connectivity index (χ2n) is 7.70. The number of nitrogens with zero attached hydrogens (tertiary/aromatic N) is 2. The number of methoxy groups -OCH3 is 1. The number of esters is 1. The molecule has 0 atom stereocenters. The van der Waals surface area contributed by atoms with Gasteiger partial charge in [-0.25, -0.2) is 4.39 Å². The maximum atomic E-state index is 13.8. The molecule has 0 radical (unpaired) electrons. The summed E-state index contributed by atoms with van der Waals surface area (Å²) in [5.41, 5.74) is -3.22. The topological polar surface area (TPSA) is 146 Å². The molecule has 0 saturated heterocycles. The number of halogens is 5. The van der Waals surface area contributed by atoms with Gasteiger partial charge in [0, 0.05) is 12.1 Å². The van der Waals surface area contributed by atoms with Crippen molar-refractivity contribution in [3.8, 4) is 17.2 Å². The summed E-state index contributed by atoms with van der Waals surface area (Å²) in [5, 5.41) is 13.6. The number of benzene rings is 2. The minimum Gasteiger partial charge on any atom is -0.493 e. The van der Waals surface area contributed by atoms with Crippen molar-refractivity contribution in [2.24, 2.45) is 0 Å². The van der Waals surface area contributed by atoms with Gasteiger partial charge in [0.1, 0.15) is 11.6 Å². The highest BCUT2D eigenvalue weighted by molar-refractivity contribution is 6.32. The van der Waals surface area contributed by atoms with Gasteiger partial charge in [0.2, 0.25) is 0 Å². The zero-order valence-corrected chi connectivity index (χ0v) is 20.5. The highest BCUT2D eigenvalue weighted by Crippen LogP contribution is 2.41. The fourth-order valence-electron chi connectivity index (χ4n) is 3.01. The maximum Gasteiger partial charge on any atom is 0.417 e. The summed E-state index contributed by atoms with van der Waals surface area (Å²) in [6.45, 7) is -0.684. The molecule has 0 fully saturated rings. The number of rotatable bonds is 10. The predicted molar refractivity (Wildman–Crippen MR) is 129 cm³/mol. The first kappa shape index (κ1) is 25.6. The van der Waals surface area contributed by atoms with Crippen molar-refractivity contribution in [1.82, 2.24) is 9.78 Å². The van der Waals surface area contributed by atoms with Gasteiger partial charge in [-0.15, -0.1) is 0 Å². The molecule has 3 aromatic rings. The minimum atomic E-state index is -5.02. The Labute approximate surface area is 231 Å². The van der Waals surface area contributed by atoms with Crippen LogP contribution in [0.1, 0.15) is 32.9 Å². The third kappa shape index (κ3) is 7.69. The zero-order valence-electron chi connectivity index (χ0n) is 22.8. The van der Waals surface area contributed by atoms with E-state index in [4.69, 9.17) is 30.3 Å². The number of anilines is 1. The summed E-state index contributed by atoms with van der Waals surface area (Å²) in [6.07, 6.45) is -5.05. The molecule has 0 saturated carbocycles. The van der Waals surface area contributed by atoms with Crippen LogP contribution in [0.3, 0.4) is 0 Å². The molecular formula is C24H18ClF4N3O8. The van der Waals surface area contributed by atoms with Gasteiger partial charge in [0.05, 0.1) is 52.0 Å². The predicted octanol–water partition coefficient (Wildman–Crippen LogP) is 4.47. The number of carbonyl (C=O) groups excluding carboxylic acids is 2. The lowest BCUT2D eigenvalue weighted by molar-refractivity contribution is -0.151. The van der Waals surface area contributed by atoms with Crippen molar-refractivity contribution in [3.05, 3.63) is 74.9 Å². The number of nitrogens with one attached hydrogen (secondary N) is 1. The van der Waals surface area contributed by atoms with Crippen LogP contribution < -0.4 is 20.3 Å². The molecule has 2 N–H and O–H groups in total. The molecule has 3 rings (SSSR count). The first-order chi connectivity index (χ1) is 19.9. The number of aromatic nitrogens is 2. The molecule has 0 bridgehead atoms. The SMILES string of the molecule is [2H]C([2H])([2H])Oc1cc(F)ccc1Oc1cc(C(F)(F)F)c(Cl)cc1C(=O)Nc1cnn(COC(=O)CCC(=O)O)c(=O)c1. The second kappa shape index (κ2) is 12.5. The van der Waals surface area contributed by atoms with Gasteiger partial charge in [0.15, 0.2) is 18.2 Å². The van der Waals surface area contributed by atoms with E-state index in [1.807, 2.05) is 0 Å². The van der Waals surface area contributed by atoms with Crippen molar-refractivity contribution in [1.29, 1.82) is 0 Å². The molecule has 0 spiro atoms. The standard InChI is InChI=1S/C24H18ClF4N3O8/c1-38-19-6-12(26)2-3-17(19)40-18-9-15(24(27,28)29)16(25)8-14(18)23(37)31-13-7-20(33)32(30-10-13)11-39-22(36)5-4-21(34)35/h2-3,6-10H,4-5,11H2,1H3,(H,31,37)(H,34,35)/i1D3. The van der Waals surface area contributed by atoms with Crippen molar-refractivity contribution < 1.29 is 55.4 Å². The van der Waals surface area contributed by atoms with E-state index < -0.39 is 95.4 Å². The van der Waals surface area contributed by atoms with E-state index in [1.165, 1.54) is 0 Å². The third-order valence-corrected chi connectivity index (χ3v) is 5.19. The minimum absolute atomic E-state index is 0.265. The summed E-state index contributed by atoms with van der Waals surface area (Å²) >= 11 is 5.78. The lowest BCUT2D eigenvalue weighted by atomic mass is 10.1. The summed E-state index contributed by atoms with van der Waals surface area (Å²) in [5.74, 6) is -6.37. The normalized spacial score (nSPS) is 12.5. The molecule has 212 valence electrons. The summed E-state index contributed by atoms with van der Waals surface area (Å²) in [6, 6.07) is 4.05. The highest BCUT2D eigenvalue weighted by atomic mass is 35.5. The number of amides is 1. The molecule has 0 aliphatic rings. The van der Waals surface area contributed by atoms with E-state index in [1.54, 1.807) is 0 Å². The average Bonchev–Trinajstić information content (AvgIpc) is 2.87. The number of aliphatic carboxylic acids is 1. The van der Waals surface area contributed by atoms with E-state index in [0.29, 0.717) is 22.9 Å². The number of carboxylic acids is 1. The van der Waals surface area contributed by atoms with Crippen LogP contribution in [0.5, 0.6) is 17.2 Å². The number of carboxylic acid groups (broad SMARTS) is 1. The number of hydrogen-bond acceptors (Lipinski definition) is 8. The largest absolute Gasteiger partial charge is 0.493 e. The number of hydrogen-bond donors (Lipinski definition) is 2. The van der Waals surface area contributed by atoms with Crippen LogP contribution in [-0.2, 0) is 27.2 Å². The molecule has 0 aliphatic carbocycles. The van der Waals surface area contributed by atoms with Crippen LogP contribution in [0.4, 0.5) is 23.2 Å². The van der Waals surface area contributed by atoms with Crippen molar-refractivity contribution in [2.45, 2.75) is 25.7 Å². The molecule has 16 heteroatoms. The quantitative estimate of drug-likeness (QED) is 0.258. The third-order valence-electron chi connectivity index (χ3n) is 4.87. The monoisotopic (exact) mass is 590 g/mol. The molecule has 11 nitrogen and oxygen atoms in total. The van der Waals surface area contributed by atoms with Crippen LogP contribution in [0.2, 0.25) is 5.02 Å². The fraction of sp³-hybridized carbons (Fsp3) is 0.208. The Balaban J connectivity index is 1.91. The van der Waals surface area contributed by atoms with Crippen molar-refractivity contribution in [2.75, 3.05) is 12.4 Å². The van der Waals surface area contributed by atoms with Crippen molar-refractivity contribution in [3.63, 3.8) is 0 Å². The van der Waals surface area contributed by atoms with Gasteiger partial charge in [0.25, 0.3) is 11.5 Å². The summed E-state index contributed by atoms with van der Waals surface area (Å²) in [4.78, 5) is 47.5. The van der Waals surface area contributed by atoms with E-state index in [2.05, 4.69) is 15.2 Å². The van der Waals surface area contributed by atoms with Crippen LogP contribution in [-0.4, -0.2) is 39.8 Å². The lowest BCUT2D eigenvalue weighted by Crippen LogP contribution is -2.26. The Morgan fingerprint density at radius 2 is 1.88 bits per heavy atom. The van der Waals surface area contributed by atoms with E-state index >= 15 is 0 Å². The maximum absolute atomic E-state index is 13.8. The Morgan fingerprint density at radius 3 is 2.52 bits per heavy atom. The average molecular weight is 591 g/mol. The van der Waals surface area contributed by atoms with Crippen molar-refractivity contribution >= 4 is 35.1 Å². The Hall–Kier alpha value is -4.66. The summed E-state index contributed by atoms with van der Waals surface area (Å²) < 4.78 is 91.7. The molecule has 0 aliphatic heterocycles. The molecule has 0 unspecified atom stereocenters. The van der Waals surface area contributed by atoms with Gasteiger partial charge < -0.3 is 24.6 Å². The van der Waals surface area contributed by atoms with Gasteiger partial charge in [-0.1, -0.05) is 11.6 Å². The Kier molecular flexibility index (Phi) is 7.98. The lowest BCUT2D eigenvalue weighted by Gasteiger charge is -2.17. The number of alkyl halides is 3. The van der Waals surface area contributed by atoms with Crippen LogP contribution in [0, 0.1) is 5.82 Å². The van der Waals surface area contributed by atoms with E-state index in [-0.39, 0.29) is 5.69 Å². The van der Waals surface area contributed by atoms with E-state index in [0.717, 1.165) is 24.4 Å². The fourth-order valence-corrected chi connectivity index (χ4v) is 3.28. The molecule has 1 aromatic heterocycles. The first-order valence-electron chi connectivity index (χ1n) is 12.3. The van der Waals surface area contributed by atoms with Crippen LogP contribution in [0.25, 0.3) is 0 Å². The second-order valence-corrected chi connectivity index (χ2v) is 8.10. The Morgan fingerprint density at radius 1 is 1.12 bits per heavy atom. The highest BCUT2D eigenvalue weighted by Gasteiger charge is 2.35. The van der Waals surface area contributed by atoms with Gasteiger partial charge >= 0.3 is 18.1 Å². The Bertz CT molecular complexity index is 1620. The number of carbonyl (C=O) groups is 3. The molecule has 2 aromatic carbocycles. The smallest absolute Gasteiger partial charge is 0.417 e. The van der Waals surface area contributed by atoms with Gasteiger partial charge in [-0.05, 0) is 24.3 Å². The molecular weight excluding hydrogens is 570 g/mol. The van der Waals surface area contributed by atoms with Gasteiger partial charge in [-0.2, -0.15) is 23.0 Å². The molecule has 40 heavy (non-hydrogen) atoms. The number of ether oxygens (including phenoxy) is 3. The van der Waals surface area contributed by atoms with E-state index in [9.17, 15) is 36.7 Å². The first-order valence-corrected chi connectivity index (χ1v) is 11.1. The van der Waals surface area contributed by atoms with Gasteiger partial charge in [-0.3, -0.25) is 19.2 Å². The van der Waals surface area contributed by atoms with Crippen LogP contribution >= 0.6 is 11.6 Å².